The van der Waals surface area contributed by atoms with Crippen LogP contribution in [0.1, 0.15) is 43.2 Å². The number of aryl methyl sites for hydroxylation is 2. The van der Waals surface area contributed by atoms with Gasteiger partial charge in [0.1, 0.15) is 0 Å². The zero-order chi connectivity index (χ0) is 13.5. The van der Waals surface area contributed by atoms with Gasteiger partial charge in [-0.2, -0.15) is 0 Å². The third-order valence-electron chi connectivity index (χ3n) is 4.56. The predicted molar refractivity (Wildman–Crippen MR) is 75.9 cm³/mol. The fourth-order valence-electron chi connectivity index (χ4n) is 3.32. The summed E-state index contributed by atoms with van der Waals surface area (Å²) in [5.41, 5.74) is 8.41. The molecule has 0 heterocycles. The van der Waals surface area contributed by atoms with Crippen molar-refractivity contribution in [2.45, 2.75) is 61.1 Å². The lowest BCUT2D eigenvalue weighted by Gasteiger charge is -2.26. The molecule has 3 nitrogen and oxygen atoms in total. The Labute approximate surface area is 115 Å². The van der Waals surface area contributed by atoms with Crippen LogP contribution in [0.3, 0.4) is 0 Å². The Bertz CT molecular complexity index is 572. The summed E-state index contributed by atoms with van der Waals surface area (Å²) < 4.78 is 25.3. The summed E-state index contributed by atoms with van der Waals surface area (Å²) in [5, 5.41) is -0.230. The number of benzene rings is 1. The molecule has 2 aliphatic rings. The summed E-state index contributed by atoms with van der Waals surface area (Å²) in [6.45, 7) is 0. The summed E-state index contributed by atoms with van der Waals surface area (Å²) in [4.78, 5) is 0.522. The predicted octanol–water partition coefficient (Wildman–Crippen LogP) is 2.22. The Morgan fingerprint density at radius 2 is 1.68 bits per heavy atom. The lowest BCUT2D eigenvalue weighted by atomic mass is 9.96. The van der Waals surface area contributed by atoms with Gasteiger partial charge in [0.2, 0.25) is 0 Å². The Kier molecular flexibility index (Phi) is 3.39. The number of rotatable bonds is 2. The molecule has 3 rings (SSSR count). The fourth-order valence-corrected chi connectivity index (χ4v) is 5.16. The minimum Gasteiger partial charge on any atom is -0.328 e. The second kappa shape index (κ2) is 4.91. The molecule has 1 aromatic rings. The maximum Gasteiger partial charge on any atom is 0.181 e. The highest BCUT2D eigenvalue weighted by Gasteiger charge is 2.31. The Balaban J connectivity index is 1.88. The van der Waals surface area contributed by atoms with Crippen molar-refractivity contribution in [3.8, 4) is 0 Å². The molecule has 0 unspecified atom stereocenters. The van der Waals surface area contributed by atoms with E-state index >= 15 is 0 Å². The molecule has 0 atom stereocenters. The fraction of sp³-hybridized carbons (Fsp3) is 0.600. The van der Waals surface area contributed by atoms with Crippen molar-refractivity contribution in [2.75, 3.05) is 0 Å². The normalized spacial score (nSPS) is 27.2. The van der Waals surface area contributed by atoms with Gasteiger partial charge in [-0.05, 0) is 68.2 Å². The van der Waals surface area contributed by atoms with Crippen LogP contribution in [-0.2, 0) is 22.7 Å². The monoisotopic (exact) mass is 279 g/mol. The molecule has 0 radical (unpaired) electrons. The topological polar surface area (TPSA) is 60.2 Å². The Hall–Kier alpha value is -0.870. The van der Waals surface area contributed by atoms with E-state index in [1.165, 1.54) is 11.1 Å². The van der Waals surface area contributed by atoms with Crippen LogP contribution in [0.25, 0.3) is 0 Å². The molecule has 19 heavy (non-hydrogen) atoms. The van der Waals surface area contributed by atoms with Gasteiger partial charge in [0, 0.05) is 6.04 Å². The van der Waals surface area contributed by atoms with Gasteiger partial charge < -0.3 is 5.73 Å². The first-order valence-corrected chi connectivity index (χ1v) is 8.73. The maximum absolute atomic E-state index is 12.7. The lowest BCUT2D eigenvalue weighted by molar-refractivity contribution is 0.433. The van der Waals surface area contributed by atoms with Gasteiger partial charge in [-0.25, -0.2) is 8.42 Å². The van der Waals surface area contributed by atoms with Gasteiger partial charge >= 0.3 is 0 Å². The summed E-state index contributed by atoms with van der Waals surface area (Å²) in [6.07, 6.45) is 6.34. The lowest BCUT2D eigenvalue weighted by Crippen LogP contribution is -2.33. The molecule has 1 fully saturated rings. The second-order valence-electron chi connectivity index (χ2n) is 5.87. The maximum atomic E-state index is 12.7. The molecule has 104 valence electrons. The average Bonchev–Trinajstić information content (AvgIpc) is 2.86. The number of fused-ring (bicyclic) bond motifs is 1. The molecular formula is C15H21NO2S. The van der Waals surface area contributed by atoms with Crippen LogP contribution in [0.15, 0.2) is 23.1 Å². The van der Waals surface area contributed by atoms with Crippen LogP contribution in [0, 0.1) is 0 Å². The zero-order valence-electron chi connectivity index (χ0n) is 11.1. The minimum atomic E-state index is -3.16. The second-order valence-corrected chi connectivity index (χ2v) is 8.09. The van der Waals surface area contributed by atoms with Gasteiger partial charge in [-0.1, -0.05) is 6.07 Å². The first-order valence-electron chi connectivity index (χ1n) is 7.18. The van der Waals surface area contributed by atoms with Gasteiger partial charge in [-0.3, -0.25) is 0 Å². The van der Waals surface area contributed by atoms with Crippen LogP contribution >= 0.6 is 0 Å². The first-order chi connectivity index (χ1) is 9.07. The van der Waals surface area contributed by atoms with Gasteiger partial charge in [0.15, 0.2) is 9.84 Å². The van der Waals surface area contributed by atoms with Crippen molar-refractivity contribution < 1.29 is 8.42 Å². The standard InChI is InChI=1S/C15H21NO2S/c16-13-5-8-14(9-6-13)19(17,18)15-7-4-11-2-1-3-12(11)10-15/h4,7,10,13-14H,1-3,5-6,8-9,16H2. The van der Waals surface area contributed by atoms with Gasteiger partial charge in [0.25, 0.3) is 0 Å². The van der Waals surface area contributed by atoms with Gasteiger partial charge in [-0.15, -0.1) is 0 Å². The quantitative estimate of drug-likeness (QED) is 0.903. The molecule has 2 aliphatic carbocycles. The van der Waals surface area contributed by atoms with Crippen molar-refractivity contribution in [2.24, 2.45) is 5.73 Å². The van der Waals surface area contributed by atoms with Crippen LogP contribution in [-0.4, -0.2) is 19.7 Å². The Morgan fingerprint density at radius 3 is 2.42 bits per heavy atom. The van der Waals surface area contributed by atoms with E-state index in [0.717, 1.165) is 32.1 Å². The van der Waals surface area contributed by atoms with Crippen molar-refractivity contribution in [3.05, 3.63) is 29.3 Å². The molecule has 2 N–H and O–H groups in total. The van der Waals surface area contributed by atoms with Crippen LogP contribution < -0.4 is 5.73 Å². The summed E-state index contributed by atoms with van der Waals surface area (Å²) in [7, 11) is -3.16. The molecule has 1 saturated carbocycles. The smallest absolute Gasteiger partial charge is 0.181 e. The zero-order valence-corrected chi connectivity index (χ0v) is 12.0. The van der Waals surface area contributed by atoms with Crippen LogP contribution in [0.5, 0.6) is 0 Å². The largest absolute Gasteiger partial charge is 0.328 e. The highest BCUT2D eigenvalue weighted by Crippen LogP contribution is 2.31. The van der Waals surface area contributed by atoms with Crippen molar-refractivity contribution in [3.63, 3.8) is 0 Å². The van der Waals surface area contributed by atoms with E-state index < -0.39 is 9.84 Å². The third kappa shape index (κ3) is 2.43. The third-order valence-corrected chi connectivity index (χ3v) is 6.82. The summed E-state index contributed by atoms with van der Waals surface area (Å²) >= 11 is 0. The Morgan fingerprint density at radius 1 is 1.00 bits per heavy atom. The molecule has 0 spiro atoms. The number of sulfone groups is 1. The number of hydrogen-bond acceptors (Lipinski definition) is 3. The van der Waals surface area contributed by atoms with Crippen molar-refractivity contribution >= 4 is 9.84 Å². The minimum absolute atomic E-state index is 0.187. The molecule has 4 heteroatoms. The molecule has 0 aromatic heterocycles. The van der Waals surface area contributed by atoms with E-state index in [1.807, 2.05) is 12.1 Å². The molecule has 0 bridgehead atoms. The highest BCUT2D eigenvalue weighted by atomic mass is 32.2. The molecule has 0 saturated heterocycles. The van der Waals surface area contributed by atoms with E-state index in [0.29, 0.717) is 17.7 Å². The van der Waals surface area contributed by atoms with Crippen LogP contribution in [0.4, 0.5) is 0 Å². The van der Waals surface area contributed by atoms with E-state index in [4.69, 9.17) is 5.73 Å². The summed E-state index contributed by atoms with van der Waals surface area (Å²) in [5.74, 6) is 0. The van der Waals surface area contributed by atoms with Gasteiger partial charge in [0.05, 0.1) is 10.1 Å². The summed E-state index contributed by atoms with van der Waals surface area (Å²) in [6, 6.07) is 5.90. The molecular weight excluding hydrogens is 258 g/mol. The first kappa shape index (κ1) is 13.1. The van der Waals surface area contributed by atoms with E-state index in [2.05, 4.69) is 0 Å². The van der Waals surface area contributed by atoms with Crippen molar-refractivity contribution in [1.29, 1.82) is 0 Å². The van der Waals surface area contributed by atoms with E-state index in [9.17, 15) is 8.42 Å². The van der Waals surface area contributed by atoms with E-state index in [-0.39, 0.29) is 11.3 Å². The highest BCUT2D eigenvalue weighted by molar-refractivity contribution is 7.92. The average molecular weight is 279 g/mol. The number of nitrogens with two attached hydrogens (primary N) is 1. The SMILES string of the molecule is NC1CCC(S(=O)(=O)c2ccc3c(c2)CCC3)CC1. The molecule has 1 aromatic carbocycles. The van der Waals surface area contributed by atoms with Crippen molar-refractivity contribution in [1.82, 2.24) is 0 Å². The number of hydrogen-bond donors (Lipinski definition) is 1. The van der Waals surface area contributed by atoms with E-state index in [1.54, 1.807) is 6.07 Å². The van der Waals surface area contributed by atoms with Crippen LogP contribution in [0.2, 0.25) is 0 Å². The molecule has 0 amide bonds. The molecule has 0 aliphatic heterocycles.